The lowest BCUT2D eigenvalue weighted by atomic mass is 9.48. The quantitative estimate of drug-likeness (QED) is 0.645. The van der Waals surface area contributed by atoms with Crippen molar-refractivity contribution < 1.29 is 14.3 Å². The molecule has 4 aliphatic rings. The van der Waals surface area contributed by atoms with Gasteiger partial charge in [0.25, 0.3) is 0 Å². The zero-order valence-electron chi connectivity index (χ0n) is 16.5. The molecule has 0 unspecified atom stereocenters. The maximum Gasteiger partial charge on any atom is 0.337 e. The van der Waals surface area contributed by atoms with Crippen LogP contribution in [0.4, 0.5) is 0 Å². The summed E-state index contributed by atoms with van der Waals surface area (Å²) >= 11 is 0. The first-order valence-corrected chi connectivity index (χ1v) is 10.5. The number of rotatable bonds is 5. The number of hydrogen-bond acceptors (Lipinski definition) is 3. The van der Waals surface area contributed by atoms with E-state index in [9.17, 15) is 4.79 Å². The molecule has 0 radical (unpaired) electrons. The monoisotopic (exact) mass is 376 g/mol. The molecule has 6 rings (SSSR count). The van der Waals surface area contributed by atoms with E-state index in [-0.39, 0.29) is 11.4 Å². The molecule has 0 amide bonds. The molecule has 0 saturated heterocycles. The maximum atomic E-state index is 12.2. The van der Waals surface area contributed by atoms with Gasteiger partial charge in [0.05, 0.1) is 12.7 Å². The zero-order valence-corrected chi connectivity index (χ0v) is 16.5. The third-order valence-corrected chi connectivity index (χ3v) is 7.25. The number of ether oxygens (including phenoxy) is 2. The van der Waals surface area contributed by atoms with Crippen LogP contribution in [0.1, 0.15) is 60.0 Å². The molecule has 2 aromatic carbocycles. The number of carbonyl (C=O) groups is 1. The molecule has 2 aromatic rings. The van der Waals surface area contributed by atoms with Crippen molar-refractivity contribution in [1.82, 2.24) is 0 Å². The molecule has 3 heteroatoms. The summed E-state index contributed by atoms with van der Waals surface area (Å²) in [4.78, 5) is 12.2. The molecule has 0 N–H and O–H groups in total. The summed E-state index contributed by atoms with van der Waals surface area (Å²) in [5.41, 5.74) is 3.21. The molecule has 0 heterocycles. The average Bonchev–Trinajstić information content (AvgIpc) is 2.71. The highest BCUT2D eigenvalue weighted by Gasteiger charge is 2.52. The summed E-state index contributed by atoms with van der Waals surface area (Å²) in [6, 6.07) is 16.2. The van der Waals surface area contributed by atoms with Crippen LogP contribution in [-0.2, 0) is 16.8 Å². The van der Waals surface area contributed by atoms with Crippen molar-refractivity contribution in [3.63, 3.8) is 0 Å². The Morgan fingerprint density at radius 2 is 1.61 bits per heavy atom. The van der Waals surface area contributed by atoms with E-state index in [2.05, 4.69) is 18.2 Å². The second-order valence-electron chi connectivity index (χ2n) is 9.17. The van der Waals surface area contributed by atoms with Gasteiger partial charge in [-0.1, -0.05) is 30.3 Å². The molecule has 4 aliphatic carbocycles. The number of methoxy groups -OCH3 is 1. The van der Waals surface area contributed by atoms with E-state index in [4.69, 9.17) is 9.47 Å². The predicted octanol–water partition coefficient (Wildman–Crippen LogP) is 5.52. The van der Waals surface area contributed by atoms with Crippen LogP contribution in [0.15, 0.2) is 48.5 Å². The van der Waals surface area contributed by atoms with Crippen LogP contribution in [0.2, 0.25) is 0 Å². The highest BCUT2D eigenvalue weighted by molar-refractivity contribution is 5.89. The molecule has 0 aliphatic heterocycles. The fraction of sp³-hybridized carbons (Fsp3) is 0.480. The Labute approximate surface area is 167 Å². The van der Waals surface area contributed by atoms with Crippen molar-refractivity contribution in [1.29, 1.82) is 0 Å². The second kappa shape index (κ2) is 6.95. The zero-order chi connectivity index (χ0) is 19.1. The molecular weight excluding hydrogens is 348 g/mol. The molecule has 4 saturated carbocycles. The lowest BCUT2D eigenvalue weighted by molar-refractivity contribution is -0.00651. The smallest absolute Gasteiger partial charge is 0.337 e. The van der Waals surface area contributed by atoms with E-state index >= 15 is 0 Å². The minimum atomic E-state index is -0.263. The van der Waals surface area contributed by atoms with Crippen molar-refractivity contribution in [3.8, 4) is 5.75 Å². The Morgan fingerprint density at radius 1 is 0.964 bits per heavy atom. The minimum Gasteiger partial charge on any atom is -0.489 e. The number of benzene rings is 2. The molecule has 3 nitrogen and oxygen atoms in total. The predicted molar refractivity (Wildman–Crippen MR) is 108 cm³/mol. The summed E-state index contributed by atoms with van der Waals surface area (Å²) in [6.45, 7) is 0.553. The Hall–Kier alpha value is -2.29. The first kappa shape index (κ1) is 17.8. The molecule has 28 heavy (non-hydrogen) atoms. The van der Waals surface area contributed by atoms with Crippen LogP contribution in [0.25, 0.3) is 0 Å². The Kier molecular flexibility index (Phi) is 4.41. The third-order valence-electron chi connectivity index (χ3n) is 7.25. The van der Waals surface area contributed by atoms with Gasteiger partial charge in [-0.2, -0.15) is 0 Å². The topological polar surface area (TPSA) is 35.5 Å². The Bertz CT molecular complexity index is 835. The Morgan fingerprint density at radius 3 is 2.21 bits per heavy atom. The van der Waals surface area contributed by atoms with Crippen LogP contribution < -0.4 is 4.74 Å². The van der Waals surface area contributed by atoms with Crippen LogP contribution in [-0.4, -0.2) is 13.1 Å². The van der Waals surface area contributed by atoms with E-state index in [1.54, 1.807) is 0 Å². The number of carbonyl (C=O) groups excluding carboxylic acids is 1. The summed E-state index contributed by atoms with van der Waals surface area (Å²) in [6.07, 6.45) is 7.92. The first-order valence-electron chi connectivity index (χ1n) is 10.5. The first-order chi connectivity index (χ1) is 13.6. The molecule has 0 atom stereocenters. The van der Waals surface area contributed by atoms with Gasteiger partial charge in [0.15, 0.2) is 0 Å². The van der Waals surface area contributed by atoms with Gasteiger partial charge >= 0.3 is 5.97 Å². The standard InChI is InChI=1S/C25H28O3/c1-27-24(26)21-7-8-23(28-16-17-5-3-2-4-6-17)22(12-21)25-13-18-9-19(14-25)11-20(10-18)15-25/h2-8,12,18-20H,9-11,13-16H2,1H3. The van der Waals surface area contributed by atoms with E-state index in [1.165, 1.54) is 51.2 Å². The minimum absolute atomic E-state index is 0.171. The molecular formula is C25H28O3. The number of hydrogen-bond donors (Lipinski definition) is 0. The SMILES string of the molecule is COC(=O)c1ccc(OCc2ccccc2)c(C23CC4CC(CC(C4)C2)C3)c1. The van der Waals surface area contributed by atoms with Crippen molar-refractivity contribution >= 4 is 5.97 Å². The maximum absolute atomic E-state index is 12.2. The van der Waals surface area contributed by atoms with Gasteiger partial charge in [-0.05, 0) is 85.5 Å². The van der Waals surface area contributed by atoms with Gasteiger partial charge in [0.2, 0.25) is 0 Å². The van der Waals surface area contributed by atoms with Gasteiger partial charge in [-0.15, -0.1) is 0 Å². The Balaban J connectivity index is 1.51. The molecule has 4 bridgehead atoms. The van der Waals surface area contributed by atoms with Gasteiger partial charge < -0.3 is 9.47 Å². The van der Waals surface area contributed by atoms with E-state index in [0.717, 1.165) is 29.1 Å². The molecule has 146 valence electrons. The van der Waals surface area contributed by atoms with E-state index in [0.29, 0.717) is 12.2 Å². The van der Waals surface area contributed by atoms with Crippen LogP contribution in [0, 0.1) is 17.8 Å². The highest BCUT2D eigenvalue weighted by atomic mass is 16.5. The van der Waals surface area contributed by atoms with Crippen molar-refractivity contribution in [2.24, 2.45) is 17.8 Å². The molecule has 0 aromatic heterocycles. The van der Waals surface area contributed by atoms with Crippen LogP contribution in [0.3, 0.4) is 0 Å². The normalized spacial score (nSPS) is 30.2. The third kappa shape index (κ3) is 3.11. The lowest BCUT2D eigenvalue weighted by Gasteiger charge is -2.57. The van der Waals surface area contributed by atoms with Crippen molar-refractivity contribution in [2.75, 3.05) is 7.11 Å². The van der Waals surface area contributed by atoms with Gasteiger partial charge in [0.1, 0.15) is 12.4 Å². The summed E-state index contributed by atoms with van der Waals surface area (Å²) in [5, 5.41) is 0. The van der Waals surface area contributed by atoms with Crippen molar-refractivity contribution in [2.45, 2.75) is 50.5 Å². The van der Waals surface area contributed by atoms with Gasteiger partial charge in [-0.3, -0.25) is 0 Å². The van der Waals surface area contributed by atoms with Gasteiger partial charge in [-0.25, -0.2) is 4.79 Å². The van der Waals surface area contributed by atoms with Crippen molar-refractivity contribution in [3.05, 3.63) is 65.2 Å². The second-order valence-corrected chi connectivity index (χ2v) is 9.17. The number of esters is 1. The van der Waals surface area contributed by atoms with Gasteiger partial charge in [0, 0.05) is 5.56 Å². The molecule has 0 spiro atoms. The summed E-state index contributed by atoms with van der Waals surface area (Å²) in [7, 11) is 1.45. The fourth-order valence-electron chi connectivity index (χ4n) is 6.49. The van der Waals surface area contributed by atoms with Crippen LogP contribution >= 0.6 is 0 Å². The van der Waals surface area contributed by atoms with E-state index in [1.807, 2.05) is 30.3 Å². The summed E-state index contributed by atoms with van der Waals surface area (Å²) < 4.78 is 11.3. The van der Waals surface area contributed by atoms with Crippen LogP contribution in [0.5, 0.6) is 5.75 Å². The van der Waals surface area contributed by atoms with E-state index < -0.39 is 0 Å². The highest BCUT2D eigenvalue weighted by Crippen LogP contribution is 2.62. The fourth-order valence-corrected chi connectivity index (χ4v) is 6.49. The average molecular weight is 376 g/mol. The summed E-state index contributed by atoms with van der Waals surface area (Å²) in [5.74, 6) is 3.21. The lowest BCUT2D eigenvalue weighted by Crippen LogP contribution is -2.48. The largest absolute Gasteiger partial charge is 0.489 e. The molecule has 4 fully saturated rings.